The van der Waals surface area contributed by atoms with Crippen LogP contribution in [0.1, 0.15) is 6.42 Å². The molecular weight excluding hydrogens is 210 g/mol. The van der Waals surface area contributed by atoms with Gasteiger partial charge in [0.05, 0.1) is 7.11 Å². The van der Waals surface area contributed by atoms with Gasteiger partial charge in [-0.1, -0.05) is 0 Å². The maximum absolute atomic E-state index is 9.46. The molecule has 1 fully saturated rings. The lowest BCUT2D eigenvalue weighted by Gasteiger charge is -2.14. The van der Waals surface area contributed by atoms with Crippen molar-refractivity contribution in [3.63, 3.8) is 0 Å². The Morgan fingerprint density at radius 3 is 2.81 bits per heavy atom. The van der Waals surface area contributed by atoms with Crippen LogP contribution in [0.2, 0.25) is 0 Å². The summed E-state index contributed by atoms with van der Waals surface area (Å²) in [5.74, 6) is 0.210. The van der Waals surface area contributed by atoms with Gasteiger partial charge in [0.25, 0.3) is 0 Å². The number of nitrogens with one attached hydrogen (secondary N) is 1. The van der Waals surface area contributed by atoms with E-state index >= 15 is 0 Å². The largest absolute Gasteiger partial charge is 0.504 e. The van der Waals surface area contributed by atoms with Crippen LogP contribution in [0.3, 0.4) is 0 Å². The number of phenols is 2. The van der Waals surface area contributed by atoms with Crippen LogP contribution in [0.25, 0.3) is 0 Å². The van der Waals surface area contributed by atoms with Crippen molar-refractivity contribution in [2.24, 2.45) is 0 Å². The quantitative estimate of drug-likeness (QED) is 0.665. The highest BCUT2D eigenvalue weighted by Gasteiger charge is 2.18. The molecule has 1 atom stereocenters. The molecular formula is C11H15NO4. The minimum atomic E-state index is -0.264. The molecule has 1 aromatic carbocycles. The van der Waals surface area contributed by atoms with E-state index in [0.717, 1.165) is 19.5 Å². The summed E-state index contributed by atoms with van der Waals surface area (Å²) in [5.41, 5.74) is 0. The topological polar surface area (TPSA) is 71.0 Å². The molecule has 1 aliphatic rings. The van der Waals surface area contributed by atoms with Crippen molar-refractivity contribution in [2.75, 3.05) is 20.2 Å². The molecule has 1 aromatic rings. The maximum atomic E-state index is 9.46. The number of rotatable bonds is 3. The fourth-order valence-corrected chi connectivity index (χ4v) is 1.71. The Kier molecular flexibility index (Phi) is 3.05. The van der Waals surface area contributed by atoms with E-state index in [1.165, 1.54) is 13.2 Å². The molecule has 2 rings (SSSR count). The summed E-state index contributed by atoms with van der Waals surface area (Å²) < 4.78 is 10.6. The molecule has 0 aliphatic carbocycles. The average Bonchev–Trinajstić information content (AvgIpc) is 2.76. The second kappa shape index (κ2) is 4.49. The molecule has 0 spiro atoms. The number of ether oxygens (including phenoxy) is 2. The van der Waals surface area contributed by atoms with Gasteiger partial charge in [0.1, 0.15) is 11.9 Å². The standard InChI is InChI=1S/C11H15NO4/c1-15-10-5-8(4-9(13)11(10)14)16-7-2-3-12-6-7/h4-5,7,12-14H,2-3,6H2,1H3. The van der Waals surface area contributed by atoms with Crippen molar-refractivity contribution >= 4 is 0 Å². The van der Waals surface area contributed by atoms with Crippen molar-refractivity contribution in [3.05, 3.63) is 12.1 Å². The van der Waals surface area contributed by atoms with Crippen LogP contribution in [0, 0.1) is 0 Å². The first-order valence-electron chi connectivity index (χ1n) is 5.18. The first kappa shape index (κ1) is 10.9. The summed E-state index contributed by atoms with van der Waals surface area (Å²) in [6.45, 7) is 1.73. The van der Waals surface area contributed by atoms with Crippen molar-refractivity contribution in [2.45, 2.75) is 12.5 Å². The molecule has 5 nitrogen and oxygen atoms in total. The van der Waals surface area contributed by atoms with Gasteiger partial charge in [0, 0.05) is 18.7 Å². The second-order valence-electron chi connectivity index (χ2n) is 3.73. The highest BCUT2D eigenvalue weighted by Crippen LogP contribution is 2.39. The number of benzene rings is 1. The van der Waals surface area contributed by atoms with Gasteiger partial charge >= 0.3 is 0 Å². The minimum absolute atomic E-state index is 0.105. The summed E-state index contributed by atoms with van der Waals surface area (Å²) in [6.07, 6.45) is 1.04. The van der Waals surface area contributed by atoms with E-state index in [1.54, 1.807) is 6.07 Å². The number of aromatic hydroxyl groups is 2. The predicted octanol–water partition coefficient (Wildman–Crippen LogP) is 0.847. The average molecular weight is 225 g/mol. The Hall–Kier alpha value is -1.62. The first-order valence-corrected chi connectivity index (χ1v) is 5.18. The summed E-state index contributed by atoms with van der Waals surface area (Å²) in [5, 5.41) is 22.1. The van der Waals surface area contributed by atoms with Crippen LogP contribution in [-0.4, -0.2) is 36.5 Å². The lowest BCUT2D eigenvalue weighted by molar-refractivity contribution is 0.220. The zero-order chi connectivity index (χ0) is 11.5. The maximum Gasteiger partial charge on any atom is 0.200 e. The van der Waals surface area contributed by atoms with E-state index in [9.17, 15) is 10.2 Å². The number of methoxy groups -OCH3 is 1. The van der Waals surface area contributed by atoms with Gasteiger partial charge in [-0.3, -0.25) is 0 Å². The van der Waals surface area contributed by atoms with Crippen LogP contribution in [0.5, 0.6) is 23.0 Å². The summed E-state index contributed by atoms with van der Waals surface area (Å²) in [6, 6.07) is 2.95. The first-order chi connectivity index (χ1) is 7.70. The van der Waals surface area contributed by atoms with Crippen molar-refractivity contribution < 1.29 is 19.7 Å². The molecule has 0 aromatic heterocycles. The van der Waals surface area contributed by atoms with Crippen LogP contribution < -0.4 is 14.8 Å². The van der Waals surface area contributed by atoms with Crippen LogP contribution >= 0.6 is 0 Å². The van der Waals surface area contributed by atoms with Crippen molar-refractivity contribution in [1.29, 1.82) is 0 Å². The third-order valence-electron chi connectivity index (χ3n) is 2.57. The molecule has 1 aliphatic heterocycles. The van der Waals surface area contributed by atoms with Gasteiger partial charge in [-0.05, 0) is 13.0 Å². The fraction of sp³-hybridized carbons (Fsp3) is 0.455. The normalized spacial score (nSPS) is 19.7. The molecule has 1 unspecified atom stereocenters. The van der Waals surface area contributed by atoms with E-state index in [1.807, 2.05) is 0 Å². The summed E-state index contributed by atoms with van der Waals surface area (Å²) in [4.78, 5) is 0. The highest BCUT2D eigenvalue weighted by atomic mass is 16.5. The van der Waals surface area contributed by atoms with Crippen LogP contribution in [0.15, 0.2) is 12.1 Å². The predicted molar refractivity (Wildman–Crippen MR) is 58.2 cm³/mol. The van der Waals surface area contributed by atoms with E-state index in [4.69, 9.17) is 9.47 Å². The van der Waals surface area contributed by atoms with E-state index < -0.39 is 0 Å². The Bertz CT molecular complexity index is 374. The summed E-state index contributed by atoms with van der Waals surface area (Å²) in [7, 11) is 1.43. The Morgan fingerprint density at radius 1 is 1.38 bits per heavy atom. The molecule has 1 saturated heterocycles. The lowest BCUT2D eigenvalue weighted by Crippen LogP contribution is -2.19. The molecule has 5 heteroatoms. The van der Waals surface area contributed by atoms with E-state index in [0.29, 0.717) is 5.75 Å². The zero-order valence-corrected chi connectivity index (χ0v) is 9.06. The molecule has 88 valence electrons. The minimum Gasteiger partial charge on any atom is -0.504 e. The number of hydrogen-bond donors (Lipinski definition) is 3. The highest BCUT2D eigenvalue weighted by molar-refractivity contribution is 5.54. The molecule has 3 N–H and O–H groups in total. The van der Waals surface area contributed by atoms with Gasteiger partial charge in [-0.25, -0.2) is 0 Å². The molecule has 0 saturated carbocycles. The number of phenolic OH excluding ortho intramolecular Hbond substituents is 2. The third-order valence-corrected chi connectivity index (χ3v) is 2.57. The van der Waals surface area contributed by atoms with E-state index in [2.05, 4.69) is 5.32 Å². The smallest absolute Gasteiger partial charge is 0.200 e. The molecule has 16 heavy (non-hydrogen) atoms. The van der Waals surface area contributed by atoms with Gasteiger partial charge in [-0.15, -0.1) is 0 Å². The lowest BCUT2D eigenvalue weighted by atomic mass is 10.2. The monoisotopic (exact) mass is 225 g/mol. The number of hydrogen-bond acceptors (Lipinski definition) is 5. The Balaban J connectivity index is 2.17. The molecule has 0 amide bonds. The third kappa shape index (κ3) is 2.14. The van der Waals surface area contributed by atoms with Gasteiger partial charge in [0.2, 0.25) is 5.75 Å². The molecule has 0 bridgehead atoms. The van der Waals surface area contributed by atoms with Gasteiger partial charge < -0.3 is 25.0 Å². The van der Waals surface area contributed by atoms with E-state index in [-0.39, 0.29) is 23.4 Å². The van der Waals surface area contributed by atoms with Crippen LogP contribution in [0.4, 0.5) is 0 Å². The fourth-order valence-electron chi connectivity index (χ4n) is 1.71. The molecule has 0 radical (unpaired) electrons. The van der Waals surface area contributed by atoms with Crippen LogP contribution in [-0.2, 0) is 0 Å². The van der Waals surface area contributed by atoms with Gasteiger partial charge in [0.15, 0.2) is 11.5 Å². The van der Waals surface area contributed by atoms with Crippen molar-refractivity contribution in [1.82, 2.24) is 5.32 Å². The zero-order valence-electron chi connectivity index (χ0n) is 9.06. The Morgan fingerprint density at radius 2 is 2.19 bits per heavy atom. The van der Waals surface area contributed by atoms with Gasteiger partial charge in [-0.2, -0.15) is 0 Å². The summed E-state index contributed by atoms with van der Waals surface area (Å²) >= 11 is 0. The Labute approximate surface area is 93.6 Å². The SMILES string of the molecule is COc1cc(OC2CCNC2)cc(O)c1O. The molecule has 1 heterocycles. The van der Waals surface area contributed by atoms with Crippen molar-refractivity contribution in [3.8, 4) is 23.0 Å². The second-order valence-corrected chi connectivity index (χ2v) is 3.73.